The third kappa shape index (κ3) is 4.19. The normalized spacial score (nSPS) is 11.6. The average Bonchev–Trinajstić information content (AvgIpc) is 3.19. The zero-order valence-electron chi connectivity index (χ0n) is 15.8. The molecule has 0 aliphatic heterocycles. The summed E-state index contributed by atoms with van der Waals surface area (Å²) in [4.78, 5) is 10.8. The van der Waals surface area contributed by atoms with Crippen molar-refractivity contribution >= 4 is 29.1 Å². The van der Waals surface area contributed by atoms with Gasteiger partial charge in [-0.1, -0.05) is 84.9 Å². The minimum atomic E-state index is -0.956. The van der Waals surface area contributed by atoms with Crippen LogP contribution in [-0.4, -0.2) is 11.1 Å². The topological polar surface area (TPSA) is 50.4 Å². The van der Waals surface area contributed by atoms with E-state index in [0.717, 1.165) is 51.3 Å². The van der Waals surface area contributed by atoms with Crippen LogP contribution in [0, 0.1) is 0 Å². The summed E-state index contributed by atoms with van der Waals surface area (Å²) in [5.41, 5.74) is 6.08. The van der Waals surface area contributed by atoms with Crippen molar-refractivity contribution in [2.75, 3.05) is 0 Å². The Morgan fingerprint density at radius 1 is 0.862 bits per heavy atom. The van der Waals surface area contributed by atoms with E-state index in [0.29, 0.717) is 0 Å². The van der Waals surface area contributed by atoms with Crippen LogP contribution >= 0.6 is 0 Å². The molecular formula is C26H20O3. The molecule has 0 spiro atoms. The predicted molar refractivity (Wildman–Crippen MR) is 117 cm³/mol. The number of hydrogen-bond acceptors (Lipinski definition) is 2. The van der Waals surface area contributed by atoms with Crippen molar-refractivity contribution in [2.24, 2.45) is 0 Å². The standard InChI is InChI=1S/C26H20O3/c27-25(28)17-16-20-9-5-4-8-19(20)12-6-13-22-14-7-15-23-24(18-29-26(22)23)21-10-2-1-3-11-21/h1-12,14-18H,13H2,(H,27,28)/b12-6+,17-16+. The largest absolute Gasteiger partial charge is 0.478 e. The van der Waals surface area contributed by atoms with Crippen LogP contribution in [0.4, 0.5) is 0 Å². The molecule has 142 valence electrons. The Labute approximate surface area is 169 Å². The second-order valence-corrected chi connectivity index (χ2v) is 6.72. The van der Waals surface area contributed by atoms with Crippen LogP contribution in [0.25, 0.3) is 34.2 Å². The van der Waals surface area contributed by atoms with Gasteiger partial charge >= 0.3 is 5.97 Å². The molecular weight excluding hydrogens is 360 g/mol. The lowest BCUT2D eigenvalue weighted by atomic mass is 10.0. The van der Waals surface area contributed by atoms with Crippen molar-refractivity contribution in [3.63, 3.8) is 0 Å². The molecule has 0 unspecified atom stereocenters. The summed E-state index contributed by atoms with van der Waals surface area (Å²) in [5.74, 6) is -0.956. The number of fused-ring (bicyclic) bond motifs is 1. The summed E-state index contributed by atoms with van der Waals surface area (Å²) in [5, 5.41) is 9.96. The first-order valence-electron chi connectivity index (χ1n) is 9.43. The molecule has 3 nitrogen and oxygen atoms in total. The number of furan rings is 1. The quantitative estimate of drug-likeness (QED) is 0.391. The lowest BCUT2D eigenvalue weighted by molar-refractivity contribution is -0.131. The van der Waals surface area contributed by atoms with Gasteiger partial charge in [-0.15, -0.1) is 0 Å². The van der Waals surface area contributed by atoms with Gasteiger partial charge in [0.15, 0.2) is 0 Å². The third-order valence-electron chi connectivity index (χ3n) is 4.80. The van der Waals surface area contributed by atoms with E-state index in [1.165, 1.54) is 0 Å². The van der Waals surface area contributed by atoms with Crippen LogP contribution in [0.5, 0.6) is 0 Å². The number of hydrogen-bond donors (Lipinski definition) is 1. The third-order valence-corrected chi connectivity index (χ3v) is 4.80. The number of aliphatic carboxylic acids is 1. The van der Waals surface area contributed by atoms with E-state index in [1.807, 2.05) is 54.8 Å². The Kier molecular flexibility index (Phi) is 5.39. The summed E-state index contributed by atoms with van der Waals surface area (Å²) in [6.07, 6.45) is 9.40. The molecule has 0 atom stereocenters. The molecule has 3 aromatic carbocycles. The van der Waals surface area contributed by atoms with Crippen LogP contribution in [-0.2, 0) is 11.2 Å². The molecule has 4 rings (SSSR count). The number of allylic oxidation sites excluding steroid dienone is 1. The van der Waals surface area contributed by atoms with E-state index in [-0.39, 0.29) is 0 Å². The van der Waals surface area contributed by atoms with Gasteiger partial charge < -0.3 is 9.52 Å². The Balaban J connectivity index is 1.60. The summed E-state index contributed by atoms with van der Waals surface area (Å²) in [6, 6.07) is 24.1. The SMILES string of the molecule is O=C(O)/C=C/c1ccccc1/C=C/Cc1cccc2c(-c3ccccc3)coc12. The maximum Gasteiger partial charge on any atom is 0.328 e. The number of rotatable bonds is 6. The van der Waals surface area contributed by atoms with Crippen molar-refractivity contribution in [3.8, 4) is 11.1 Å². The Morgan fingerprint density at radius 2 is 1.59 bits per heavy atom. The average molecular weight is 380 g/mol. The first-order valence-corrected chi connectivity index (χ1v) is 9.43. The zero-order valence-corrected chi connectivity index (χ0v) is 15.8. The van der Waals surface area contributed by atoms with E-state index in [1.54, 1.807) is 6.08 Å². The van der Waals surface area contributed by atoms with Gasteiger partial charge in [0.25, 0.3) is 0 Å². The van der Waals surface area contributed by atoms with Gasteiger partial charge in [0.2, 0.25) is 0 Å². The molecule has 1 N–H and O–H groups in total. The minimum absolute atomic E-state index is 0.718. The maximum atomic E-state index is 10.8. The van der Waals surface area contributed by atoms with Crippen molar-refractivity contribution < 1.29 is 14.3 Å². The molecule has 1 heterocycles. The number of carboxylic acid groups (broad SMARTS) is 1. The molecule has 1 aromatic heterocycles. The van der Waals surface area contributed by atoms with E-state index in [4.69, 9.17) is 9.52 Å². The molecule has 0 radical (unpaired) electrons. The Bertz CT molecular complexity index is 1200. The molecule has 0 saturated heterocycles. The first-order chi connectivity index (χ1) is 14.2. The van der Waals surface area contributed by atoms with Crippen molar-refractivity contribution in [1.82, 2.24) is 0 Å². The minimum Gasteiger partial charge on any atom is -0.478 e. The first kappa shape index (κ1) is 18.5. The van der Waals surface area contributed by atoms with E-state index >= 15 is 0 Å². The van der Waals surface area contributed by atoms with Crippen molar-refractivity contribution in [2.45, 2.75) is 6.42 Å². The van der Waals surface area contributed by atoms with Gasteiger partial charge in [-0.3, -0.25) is 0 Å². The monoisotopic (exact) mass is 380 g/mol. The highest BCUT2D eigenvalue weighted by atomic mass is 16.4. The predicted octanol–water partition coefficient (Wildman–Crippen LogP) is 6.45. The van der Waals surface area contributed by atoms with E-state index in [9.17, 15) is 4.79 Å². The van der Waals surface area contributed by atoms with Gasteiger partial charge in [0.05, 0.1) is 6.26 Å². The summed E-state index contributed by atoms with van der Waals surface area (Å²) in [7, 11) is 0. The van der Waals surface area contributed by atoms with Gasteiger partial charge in [-0.25, -0.2) is 4.79 Å². The summed E-state index contributed by atoms with van der Waals surface area (Å²) < 4.78 is 5.92. The second-order valence-electron chi connectivity index (χ2n) is 6.72. The molecule has 29 heavy (non-hydrogen) atoms. The molecule has 4 aromatic rings. The zero-order chi connectivity index (χ0) is 20.1. The molecule has 0 aliphatic rings. The molecule has 0 bridgehead atoms. The second kappa shape index (κ2) is 8.44. The summed E-state index contributed by atoms with van der Waals surface area (Å²) >= 11 is 0. The highest BCUT2D eigenvalue weighted by Gasteiger charge is 2.10. The van der Waals surface area contributed by atoms with Gasteiger partial charge in [-0.2, -0.15) is 0 Å². The Hall–Kier alpha value is -3.85. The maximum absolute atomic E-state index is 10.8. The fourth-order valence-corrected chi connectivity index (χ4v) is 3.41. The van der Waals surface area contributed by atoms with Crippen LogP contribution in [0.15, 0.2) is 95.6 Å². The number of benzene rings is 3. The molecule has 0 saturated carbocycles. The smallest absolute Gasteiger partial charge is 0.328 e. The summed E-state index contributed by atoms with van der Waals surface area (Å²) in [6.45, 7) is 0. The van der Waals surface area contributed by atoms with Crippen LogP contribution < -0.4 is 0 Å². The molecule has 0 fully saturated rings. The van der Waals surface area contributed by atoms with Crippen LogP contribution in [0.1, 0.15) is 16.7 Å². The molecule has 0 aliphatic carbocycles. The van der Waals surface area contributed by atoms with Gasteiger partial charge in [0.1, 0.15) is 5.58 Å². The number of carboxylic acids is 1. The van der Waals surface area contributed by atoms with Gasteiger partial charge in [0, 0.05) is 17.0 Å². The molecule has 3 heteroatoms. The number of para-hydroxylation sites is 1. The van der Waals surface area contributed by atoms with E-state index in [2.05, 4.69) is 36.4 Å². The Morgan fingerprint density at radius 3 is 2.34 bits per heavy atom. The highest BCUT2D eigenvalue weighted by molar-refractivity contribution is 5.95. The van der Waals surface area contributed by atoms with Crippen LogP contribution in [0.3, 0.4) is 0 Å². The van der Waals surface area contributed by atoms with Crippen molar-refractivity contribution in [3.05, 3.63) is 108 Å². The highest BCUT2D eigenvalue weighted by Crippen LogP contribution is 2.32. The van der Waals surface area contributed by atoms with Crippen molar-refractivity contribution in [1.29, 1.82) is 0 Å². The lowest BCUT2D eigenvalue weighted by Gasteiger charge is -2.02. The number of carbonyl (C=O) groups is 1. The van der Waals surface area contributed by atoms with Crippen LogP contribution in [0.2, 0.25) is 0 Å². The fourth-order valence-electron chi connectivity index (χ4n) is 3.41. The van der Waals surface area contributed by atoms with Gasteiger partial charge in [-0.05, 0) is 34.8 Å². The lowest BCUT2D eigenvalue weighted by Crippen LogP contribution is -1.87. The fraction of sp³-hybridized carbons (Fsp3) is 0.0385. The van der Waals surface area contributed by atoms with E-state index < -0.39 is 5.97 Å². The molecule has 0 amide bonds.